The van der Waals surface area contributed by atoms with Crippen LogP contribution in [0.15, 0.2) is 12.2 Å². The number of nitrogens with zero attached hydrogens (tertiary/aromatic N) is 1. The Morgan fingerprint density at radius 3 is 2.26 bits per heavy atom. The average molecular weight is 292 g/mol. The average Bonchev–Trinajstić information content (AvgIpc) is 2.29. The van der Waals surface area contributed by atoms with Gasteiger partial charge >= 0.3 is 11.9 Å². The summed E-state index contributed by atoms with van der Waals surface area (Å²) in [6.07, 6.45) is 1.66. The predicted octanol–water partition coefficient (Wildman–Crippen LogP) is -0.208. The van der Waals surface area contributed by atoms with Crippen molar-refractivity contribution in [1.29, 1.82) is 0 Å². The summed E-state index contributed by atoms with van der Waals surface area (Å²) in [4.78, 5) is 42.2. The fourth-order valence-corrected chi connectivity index (χ4v) is 2.17. The number of carboxylic acid groups (broad SMARTS) is 1. The zero-order chi connectivity index (χ0) is 15.1. The summed E-state index contributed by atoms with van der Waals surface area (Å²) >= 11 is 0. The molecule has 0 radical (unpaired) electrons. The van der Waals surface area contributed by atoms with Crippen molar-refractivity contribution in [3.8, 4) is 0 Å². The minimum absolute atomic E-state index is 0.334. The van der Waals surface area contributed by atoms with Crippen molar-refractivity contribution < 1.29 is 33.6 Å². The molecule has 0 saturated heterocycles. The Kier molecular flexibility index (Phi) is 7.44. The Bertz CT molecular complexity index is 374. The van der Waals surface area contributed by atoms with Gasteiger partial charge in [-0.3, -0.25) is 4.79 Å². The molecule has 2 N–H and O–H groups in total. The highest BCUT2D eigenvalue weighted by atomic mass is 31.1. The van der Waals surface area contributed by atoms with E-state index in [1.165, 1.54) is 0 Å². The third-order valence-electron chi connectivity index (χ3n) is 1.97. The van der Waals surface area contributed by atoms with Gasteiger partial charge in [0.05, 0.1) is 27.7 Å². The third kappa shape index (κ3) is 10.3. The van der Waals surface area contributed by atoms with Crippen LogP contribution >= 0.6 is 8.15 Å². The number of ether oxygens (including phenoxy) is 1. The number of carbonyl (C=O) groups is 3. The van der Waals surface area contributed by atoms with Gasteiger partial charge in [0.25, 0.3) is 0 Å². The van der Waals surface area contributed by atoms with Crippen molar-refractivity contribution in [3.05, 3.63) is 12.2 Å². The summed E-state index contributed by atoms with van der Waals surface area (Å²) in [6, 6.07) is 0. The second kappa shape index (κ2) is 7.99. The van der Waals surface area contributed by atoms with Gasteiger partial charge in [-0.1, -0.05) is 0 Å². The zero-order valence-corrected chi connectivity index (χ0v) is 12.1. The predicted molar refractivity (Wildman–Crippen MR) is 69.6 cm³/mol. The number of esters is 1. The van der Waals surface area contributed by atoms with Gasteiger partial charge in [0.1, 0.15) is 8.15 Å². The van der Waals surface area contributed by atoms with E-state index in [2.05, 4.69) is 4.74 Å². The van der Waals surface area contributed by atoms with E-state index in [-0.39, 0.29) is 0 Å². The number of hydrogen-bond donors (Lipinski definition) is 2. The van der Waals surface area contributed by atoms with Gasteiger partial charge < -0.3 is 19.2 Å². The van der Waals surface area contributed by atoms with Gasteiger partial charge in [-0.05, 0) is 0 Å². The minimum atomic E-state index is -1.83. The van der Waals surface area contributed by atoms with E-state index in [4.69, 9.17) is 5.11 Å². The summed E-state index contributed by atoms with van der Waals surface area (Å²) in [6.45, 7) is 0.0863. The summed E-state index contributed by atoms with van der Waals surface area (Å²) in [5.74, 6) is -2.21. The van der Waals surface area contributed by atoms with Crippen LogP contribution in [0.2, 0.25) is 0 Å². The molecule has 108 valence electrons. The maximum Gasteiger partial charge on any atom is 0.331 e. The molecular weight excluding hydrogens is 273 g/mol. The van der Waals surface area contributed by atoms with Crippen molar-refractivity contribution in [2.45, 2.75) is 0 Å². The maximum atomic E-state index is 11.5. The molecule has 8 heteroatoms. The van der Waals surface area contributed by atoms with E-state index >= 15 is 0 Å². The summed E-state index contributed by atoms with van der Waals surface area (Å²) in [7, 11) is 3.97. The Balaban J connectivity index is 4.04. The molecule has 0 aliphatic carbocycles. The lowest BCUT2D eigenvalue weighted by Gasteiger charge is -2.24. The standard InChI is InChI=1S/C11H18NO6P/c1-12(2,3)6-7-19(17)11(16)8-18-10(15)5-4-9(13)14/h4-5,17H,6-8H2,1-3H3/p+1/b5-4+. The first-order chi connectivity index (χ1) is 8.61. The van der Waals surface area contributed by atoms with Crippen LogP contribution in [-0.2, 0) is 19.1 Å². The number of hydrogen-bond acceptors (Lipinski definition) is 5. The maximum absolute atomic E-state index is 11.5. The molecule has 0 saturated carbocycles. The Morgan fingerprint density at radius 1 is 1.21 bits per heavy atom. The van der Waals surface area contributed by atoms with Crippen LogP contribution in [0, 0.1) is 0 Å². The number of carbonyl (C=O) groups excluding carboxylic acids is 2. The van der Waals surface area contributed by atoms with E-state index < -0.39 is 32.2 Å². The first-order valence-electron chi connectivity index (χ1n) is 5.49. The smallest absolute Gasteiger partial charge is 0.331 e. The largest absolute Gasteiger partial charge is 0.478 e. The monoisotopic (exact) mass is 292 g/mol. The molecule has 0 heterocycles. The Labute approximate surface area is 112 Å². The summed E-state index contributed by atoms with van der Waals surface area (Å²) in [5, 5.41) is 8.27. The van der Waals surface area contributed by atoms with Gasteiger partial charge in [0.15, 0.2) is 6.61 Å². The zero-order valence-electron chi connectivity index (χ0n) is 11.2. The molecule has 1 unspecified atom stereocenters. The van der Waals surface area contributed by atoms with Gasteiger partial charge in [-0.25, -0.2) is 9.59 Å². The molecule has 19 heavy (non-hydrogen) atoms. The highest BCUT2D eigenvalue weighted by Crippen LogP contribution is 2.30. The highest BCUT2D eigenvalue weighted by molar-refractivity contribution is 7.69. The minimum Gasteiger partial charge on any atom is -0.478 e. The fourth-order valence-electron chi connectivity index (χ4n) is 0.914. The lowest BCUT2D eigenvalue weighted by Crippen LogP contribution is -2.37. The molecular formula is C11H19NO6P+. The molecule has 0 amide bonds. The molecule has 0 aromatic heterocycles. The first-order valence-corrected chi connectivity index (χ1v) is 6.97. The van der Waals surface area contributed by atoms with Gasteiger partial charge in [0, 0.05) is 18.3 Å². The SMILES string of the molecule is C[N+](C)(C)CCP(O)C(=O)COC(=O)/C=C/C(=O)O. The van der Waals surface area contributed by atoms with Crippen molar-refractivity contribution in [1.82, 2.24) is 0 Å². The molecule has 0 fully saturated rings. The molecule has 0 aliphatic heterocycles. The van der Waals surface area contributed by atoms with Crippen molar-refractivity contribution >= 4 is 25.6 Å². The van der Waals surface area contributed by atoms with Gasteiger partial charge in [0.2, 0.25) is 5.52 Å². The van der Waals surface area contributed by atoms with Crippen LogP contribution in [-0.4, -0.2) is 72.4 Å². The lowest BCUT2D eigenvalue weighted by molar-refractivity contribution is -0.867. The quantitative estimate of drug-likeness (QED) is 0.278. The fraction of sp³-hybridized carbons (Fsp3) is 0.545. The number of quaternary nitrogens is 1. The molecule has 0 aromatic rings. The second-order valence-corrected chi connectivity index (χ2v) is 6.56. The van der Waals surface area contributed by atoms with Gasteiger partial charge in [-0.15, -0.1) is 0 Å². The second-order valence-electron chi connectivity index (χ2n) is 4.81. The Hall–Kier alpha value is -1.30. The molecule has 0 bridgehead atoms. The van der Waals surface area contributed by atoms with Crippen molar-refractivity contribution in [2.75, 3.05) is 40.5 Å². The molecule has 1 atom stereocenters. The first kappa shape index (κ1) is 17.7. The number of rotatable bonds is 8. The van der Waals surface area contributed by atoms with E-state index in [1.807, 2.05) is 21.1 Å². The highest BCUT2D eigenvalue weighted by Gasteiger charge is 2.20. The molecule has 0 spiro atoms. The van der Waals surface area contributed by atoms with Crippen LogP contribution in [0.4, 0.5) is 0 Å². The molecule has 0 aliphatic rings. The number of carboxylic acids is 1. The Morgan fingerprint density at radius 2 is 1.79 bits per heavy atom. The summed E-state index contributed by atoms with van der Waals surface area (Å²) < 4.78 is 5.14. The van der Waals surface area contributed by atoms with Gasteiger partial charge in [-0.2, -0.15) is 0 Å². The van der Waals surface area contributed by atoms with Crippen LogP contribution in [0.1, 0.15) is 0 Å². The number of aliphatic carboxylic acids is 1. The third-order valence-corrected chi connectivity index (χ3v) is 3.30. The van der Waals surface area contributed by atoms with Crippen LogP contribution in [0.25, 0.3) is 0 Å². The molecule has 0 rings (SSSR count). The topological polar surface area (TPSA) is 101 Å². The van der Waals surface area contributed by atoms with Crippen LogP contribution < -0.4 is 0 Å². The van der Waals surface area contributed by atoms with Crippen LogP contribution in [0.3, 0.4) is 0 Å². The normalized spacial score (nSPS) is 13.3. The van der Waals surface area contributed by atoms with E-state index in [0.717, 1.165) is 0 Å². The van der Waals surface area contributed by atoms with E-state index in [9.17, 15) is 19.3 Å². The summed E-state index contributed by atoms with van der Waals surface area (Å²) in [5.41, 5.74) is -0.541. The van der Waals surface area contributed by atoms with Crippen molar-refractivity contribution in [3.63, 3.8) is 0 Å². The van der Waals surface area contributed by atoms with E-state index in [1.54, 1.807) is 0 Å². The lowest BCUT2D eigenvalue weighted by atomic mass is 10.5. The van der Waals surface area contributed by atoms with Crippen molar-refractivity contribution in [2.24, 2.45) is 0 Å². The van der Waals surface area contributed by atoms with Crippen LogP contribution in [0.5, 0.6) is 0 Å². The molecule has 7 nitrogen and oxygen atoms in total. The molecule has 0 aromatic carbocycles. The van der Waals surface area contributed by atoms with E-state index in [0.29, 0.717) is 29.3 Å².